The van der Waals surface area contributed by atoms with Crippen molar-refractivity contribution in [3.8, 4) is 0 Å². The first-order chi connectivity index (χ1) is 9.10. The smallest absolute Gasteiger partial charge is 0.339 e. The highest BCUT2D eigenvalue weighted by molar-refractivity contribution is 5.88. The summed E-state index contributed by atoms with van der Waals surface area (Å²) in [7, 11) is 0. The third-order valence-electron chi connectivity index (χ3n) is 3.04. The highest BCUT2D eigenvalue weighted by atomic mass is 16.4. The van der Waals surface area contributed by atoms with Gasteiger partial charge in [0, 0.05) is 19.3 Å². The summed E-state index contributed by atoms with van der Waals surface area (Å²) in [6.07, 6.45) is 5.83. The van der Waals surface area contributed by atoms with Gasteiger partial charge in [-0.25, -0.2) is 14.8 Å². The van der Waals surface area contributed by atoms with Crippen molar-refractivity contribution < 1.29 is 9.90 Å². The fourth-order valence-electron chi connectivity index (χ4n) is 1.83. The van der Waals surface area contributed by atoms with Crippen molar-refractivity contribution in [1.82, 2.24) is 9.97 Å². The molecule has 1 N–H and O–H groups in total. The summed E-state index contributed by atoms with van der Waals surface area (Å²) < 4.78 is 0. The van der Waals surface area contributed by atoms with Crippen LogP contribution in [0.4, 0.5) is 5.95 Å². The number of carboxylic acids is 1. The first kappa shape index (κ1) is 15.4. The minimum atomic E-state index is -0.974. The Kier molecular flexibility index (Phi) is 6.25. The number of nitrogens with zero attached hydrogens (tertiary/aromatic N) is 3. The molecule has 1 rings (SSSR count). The summed E-state index contributed by atoms with van der Waals surface area (Å²) in [6.45, 7) is 7.85. The quantitative estimate of drug-likeness (QED) is 0.783. The molecule has 0 unspecified atom stereocenters. The standard InChI is InChI=1S/C14H23N3O2/c1-4-6-8-17(9-7-5-2)14-15-10-12(13(18)19)11(3)16-14/h10H,4-9H2,1-3H3,(H,18,19). The van der Waals surface area contributed by atoms with E-state index in [4.69, 9.17) is 5.11 Å². The molecule has 19 heavy (non-hydrogen) atoms. The third kappa shape index (κ3) is 4.50. The second-order valence-electron chi connectivity index (χ2n) is 4.67. The molecular weight excluding hydrogens is 242 g/mol. The Labute approximate surface area is 114 Å². The van der Waals surface area contributed by atoms with E-state index in [1.54, 1.807) is 6.92 Å². The topological polar surface area (TPSA) is 66.3 Å². The summed E-state index contributed by atoms with van der Waals surface area (Å²) in [5, 5.41) is 8.98. The Bertz CT molecular complexity index is 413. The number of hydrogen-bond donors (Lipinski definition) is 1. The Morgan fingerprint density at radius 3 is 2.26 bits per heavy atom. The van der Waals surface area contributed by atoms with Gasteiger partial charge in [0.15, 0.2) is 0 Å². The number of aryl methyl sites for hydroxylation is 1. The fourth-order valence-corrected chi connectivity index (χ4v) is 1.83. The van der Waals surface area contributed by atoms with Gasteiger partial charge in [0.05, 0.1) is 11.3 Å². The van der Waals surface area contributed by atoms with Gasteiger partial charge in [0.2, 0.25) is 5.95 Å². The van der Waals surface area contributed by atoms with E-state index in [0.717, 1.165) is 38.8 Å². The van der Waals surface area contributed by atoms with E-state index in [2.05, 4.69) is 28.7 Å². The average Bonchev–Trinajstić information content (AvgIpc) is 2.38. The highest BCUT2D eigenvalue weighted by Gasteiger charge is 2.13. The van der Waals surface area contributed by atoms with E-state index >= 15 is 0 Å². The number of unbranched alkanes of at least 4 members (excludes halogenated alkanes) is 2. The van der Waals surface area contributed by atoms with E-state index in [9.17, 15) is 4.79 Å². The van der Waals surface area contributed by atoms with Crippen LogP contribution in [0.5, 0.6) is 0 Å². The Balaban J connectivity index is 2.88. The van der Waals surface area contributed by atoms with E-state index in [0.29, 0.717) is 11.6 Å². The van der Waals surface area contributed by atoms with Crippen LogP contribution >= 0.6 is 0 Å². The van der Waals surface area contributed by atoms with Crippen molar-refractivity contribution in [2.24, 2.45) is 0 Å². The zero-order valence-electron chi connectivity index (χ0n) is 12.0. The highest BCUT2D eigenvalue weighted by Crippen LogP contribution is 2.13. The maximum absolute atomic E-state index is 11.0. The van der Waals surface area contributed by atoms with Crippen molar-refractivity contribution in [2.45, 2.75) is 46.5 Å². The van der Waals surface area contributed by atoms with Crippen LogP contribution in [0.15, 0.2) is 6.20 Å². The predicted molar refractivity (Wildman–Crippen MR) is 75.8 cm³/mol. The van der Waals surface area contributed by atoms with E-state index in [1.165, 1.54) is 6.20 Å². The number of aromatic carboxylic acids is 1. The first-order valence-electron chi connectivity index (χ1n) is 6.92. The van der Waals surface area contributed by atoms with E-state index in [-0.39, 0.29) is 5.56 Å². The number of anilines is 1. The van der Waals surface area contributed by atoms with Gasteiger partial charge < -0.3 is 10.0 Å². The molecule has 0 spiro atoms. The lowest BCUT2D eigenvalue weighted by Crippen LogP contribution is -2.28. The monoisotopic (exact) mass is 265 g/mol. The molecule has 0 atom stereocenters. The zero-order chi connectivity index (χ0) is 14.3. The lowest BCUT2D eigenvalue weighted by atomic mass is 10.2. The summed E-state index contributed by atoms with van der Waals surface area (Å²) in [5.74, 6) is -0.331. The van der Waals surface area contributed by atoms with Crippen LogP contribution in [0.3, 0.4) is 0 Å². The number of carboxylic acid groups (broad SMARTS) is 1. The largest absolute Gasteiger partial charge is 0.478 e. The van der Waals surface area contributed by atoms with Crippen molar-refractivity contribution in [1.29, 1.82) is 0 Å². The van der Waals surface area contributed by atoms with Crippen molar-refractivity contribution >= 4 is 11.9 Å². The molecule has 106 valence electrons. The normalized spacial score (nSPS) is 10.5. The van der Waals surface area contributed by atoms with Gasteiger partial charge in [0.25, 0.3) is 0 Å². The van der Waals surface area contributed by atoms with E-state index in [1.807, 2.05) is 0 Å². The van der Waals surface area contributed by atoms with Crippen LogP contribution in [-0.4, -0.2) is 34.1 Å². The lowest BCUT2D eigenvalue weighted by molar-refractivity contribution is 0.0695. The molecule has 0 bridgehead atoms. The second-order valence-corrected chi connectivity index (χ2v) is 4.67. The maximum Gasteiger partial charge on any atom is 0.339 e. The number of aromatic nitrogens is 2. The average molecular weight is 265 g/mol. The summed E-state index contributed by atoms with van der Waals surface area (Å²) in [4.78, 5) is 21.6. The molecule has 0 aromatic carbocycles. The molecule has 1 aromatic rings. The number of rotatable bonds is 8. The Morgan fingerprint density at radius 2 is 1.84 bits per heavy atom. The van der Waals surface area contributed by atoms with Crippen LogP contribution in [0.2, 0.25) is 0 Å². The molecule has 1 heterocycles. The summed E-state index contributed by atoms with van der Waals surface area (Å²) in [6, 6.07) is 0. The molecule has 0 aliphatic rings. The molecule has 0 saturated heterocycles. The zero-order valence-corrected chi connectivity index (χ0v) is 12.0. The molecule has 0 radical (unpaired) electrons. The fraction of sp³-hybridized carbons (Fsp3) is 0.643. The number of hydrogen-bond acceptors (Lipinski definition) is 4. The molecule has 0 aliphatic heterocycles. The Hall–Kier alpha value is -1.65. The Morgan fingerprint density at radius 1 is 1.26 bits per heavy atom. The molecule has 0 aliphatic carbocycles. The van der Waals surface area contributed by atoms with Crippen LogP contribution in [0.1, 0.15) is 55.6 Å². The third-order valence-corrected chi connectivity index (χ3v) is 3.04. The van der Waals surface area contributed by atoms with Gasteiger partial charge in [-0.3, -0.25) is 0 Å². The van der Waals surface area contributed by atoms with Crippen LogP contribution in [-0.2, 0) is 0 Å². The molecule has 0 saturated carbocycles. The van der Waals surface area contributed by atoms with Crippen LogP contribution in [0.25, 0.3) is 0 Å². The first-order valence-corrected chi connectivity index (χ1v) is 6.92. The maximum atomic E-state index is 11.0. The van der Waals surface area contributed by atoms with Crippen LogP contribution < -0.4 is 4.90 Å². The van der Waals surface area contributed by atoms with Gasteiger partial charge in [-0.1, -0.05) is 26.7 Å². The van der Waals surface area contributed by atoms with Gasteiger partial charge in [-0.15, -0.1) is 0 Å². The number of carbonyl (C=O) groups is 1. The summed E-state index contributed by atoms with van der Waals surface area (Å²) >= 11 is 0. The molecule has 5 nitrogen and oxygen atoms in total. The SMILES string of the molecule is CCCCN(CCCC)c1ncc(C(=O)O)c(C)n1. The van der Waals surface area contributed by atoms with Gasteiger partial charge in [-0.05, 0) is 19.8 Å². The van der Waals surface area contributed by atoms with Crippen LogP contribution in [0, 0.1) is 6.92 Å². The molecule has 5 heteroatoms. The van der Waals surface area contributed by atoms with E-state index < -0.39 is 5.97 Å². The molecule has 0 amide bonds. The summed E-state index contributed by atoms with van der Waals surface area (Å²) in [5.41, 5.74) is 0.699. The minimum Gasteiger partial charge on any atom is -0.478 e. The predicted octanol–water partition coefficient (Wildman–Crippen LogP) is 2.89. The minimum absolute atomic E-state index is 0.176. The molecule has 0 fully saturated rings. The van der Waals surface area contributed by atoms with Gasteiger partial charge in [0.1, 0.15) is 0 Å². The van der Waals surface area contributed by atoms with Crippen molar-refractivity contribution in [3.63, 3.8) is 0 Å². The van der Waals surface area contributed by atoms with Crippen molar-refractivity contribution in [2.75, 3.05) is 18.0 Å². The van der Waals surface area contributed by atoms with Gasteiger partial charge >= 0.3 is 5.97 Å². The molecular formula is C14H23N3O2. The second kappa shape index (κ2) is 7.71. The molecule has 1 aromatic heterocycles. The van der Waals surface area contributed by atoms with Crippen molar-refractivity contribution in [3.05, 3.63) is 17.5 Å². The van der Waals surface area contributed by atoms with Gasteiger partial charge in [-0.2, -0.15) is 0 Å². The lowest BCUT2D eigenvalue weighted by Gasteiger charge is -2.22.